The lowest BCUT2D eigenvalue weighted by atomic mass is 10.1. The van der Waals surface area contributed by atoms with Gasteiger partial charge in [-0.3, -0.25) is 8.98 Å². The van der Waals surface area contributed by atoms with Crippen LogP contribution in [-0.2, 0) is 19.1 Å². The third-order valence-corrected chi connectivity index (χ3v) is 5.51. The number of hydrogen-bond donors (Lipinski definition) is 0. The van der Waals surface area contributed by atoms with Gasteiger partial charge >= 0.3 is 0 Å². The van der Waals surface area contributed by atoms with Gasteiger partial charge in [-0.05, 0) is 31.2 Å². The highest BCUT2D eigenvalue weighted by Gasteiger charge is 2.35. The van der Waals surface area contributed by atoms with Crippen molar-refractivity contribution in [2.75, 3.05) is 18.1 Å². The summed E-state index contributed by atoms with van der Waals surface area (Å²) in [4.78, 5) is 14.1. The minimum absolute atomic E-state index is 0.105. The summed E-state index contributed by atoms with van der Waals surface area (Å²) in [6.07, 6.45) is 0. The lowest BCUT2D eigenvalue weighted by Crippen LogP contribution is -2.25. The van der Waals surface area contributed by atoms with Gasteiger partial charge in [-0.2, -0.15) is 8.42 Å². The molecule has 2 aromatic rings. The van der Waals surface area contributed by atoms with Crippen molar-refractivity contribution in [3.05, 3.63) is 72.3 Å². The molecule has 2 aromatic carbocycles. The molecule has 3 rings (SSSR count). The van der Waals surface area contributed by atoms with E-state index in [9.17, 15) is 13.2 Å². The first-order chi connectivity index (χ1) is 11.9. The topological polar surface area (TPSA) is 63.7 Å². The second-order valence-corrected chi connectivity index (χ2v) is 7.64. The number of hydrogen-bond acceptors (Lipinski definition) is 4. The van der Waals surface area contributed by atoms with Gasteiger partial charge in [0.25, 0.3) is 16.0 Å². The summed E-state index contributed by atoms with van der Waals surface area (Å²) in [6.45, 7) is 5.94. The molecule has 1 aliphatic rings. The summed E-state index contributed by atoms with van der Waals surface area (Å²) in [5, 5.41) is 0. The fourth-order valence-corrected chi connectivity index (χ4v) is 3.64. The molecule has 25 heavy (non-hydrogen) atoms. The summed E-state index contributed by atoms with van der Waals surface area (Å²) in [7, 11) is -3.86. The number of aryl methyl sites for hydroxylation is 1. The van der Waals surface area contributed by atoms with Crippen molar-refractivity contribution in [1.29, 1.82) is 0 Å². The van der Waals surface area contributed by atoms with Crippen LogP contribution in [0.15, 0.2) is 71.6 Å². The van der Waals surface area contributed by atoms with E-state index in [-0.39, 0.29) is 23.3 Å². The van der Waals surface area contributed by atoms with Crippen molar-refractivity contribution in [2.45, 2.75) is 11.8 Å². The second-order valence-electron chi connectivity index (χ2n) is 6.03. The van der Waals surface area contributed by atoms with Crippen molar-refractivity contribution >= 4 is 21.7 Å². The van der Waals surface area contributed by atoms with Gasteiger partial charge in [0.2, 0.25) is 0 Å². The Kier molecular flexibility index (Phi) is 4.74. The molecule has 1 saturated heterocycles. The standard InChI is InChI=1S/C19H19NO4S/c1-14-8-10-18(11-9-14)25(22,23)24-13-16-12-20(19(21)15(16)2)17-6-4-3-5-7-17/h3-11,16H,2,12-13H2,1H3/t16-/m0/s1. The van der Waals surface area contributed by atoms with Crippen LogP contribution in [0.4, 0.5) is 5.69 Å². The maximum Gasteiger partial charge on any atom is 0.296 e. The van der Waals surface area contributed by atoms with Gasteiger partial charge in [0.1, 0.15) is 0 Å². The van der Waals surface area contributed by atoms with Gasteiger partial charge in [-0.15, -0.1) is 0 Å². The molecule has 5 nitrogen and oxygen atoms in total. The van der Waals surface area contributed by atoms with Crippen LogP contribution >= 0.6 is 0 Å². The zero-order chi connectivity index (χ0) is 18.0. The van der Waals surface area contributed by atoms with Crippen LogP contribution in [0.25, 0.3) is 0 Å². The van der Waals surface area contributed by atoms with E-state index < -0.39 is 10.1 Å². The fourth-order valence-electron chi connectivity index (χ4n) is 2.69. The smallest absolute Gasteiger partial charge is 0.296 e. The first kappa shape index (κ1) is 17.4. The van der Waals surface area contributed by atoms with Crippen LogP contribution in [0.5, 0.6) is 0 Å². The molecule has 130 valence electrons. The molecule has 0 saturated carbocycles. The largest absolute Gasteiger partial charge is 0.308 e. The Balaban J connectivity index is 1.70. The second kappa shape index (κ2) is 6.82. The third-order valence-electron chi connectivity index (χ3n) is 4.22. The lowest BCUT2D eigenvalue weighted by Gasteiger charge is -2.16. The van der Waals surface area contributed by atoms with Crippen molar-refractivity contribution in [3.63, 3.8) is 0 Å². The van der Waals surface area contributed by atoms with Gasteiger partial charge in [0, 0.05) is 23.7 Å². The van der Waals surface area contributed by atoms with Crippen molar-refractivity contribution < 1.29 is 17.4 Å². The maximum atomic E-state index is 12.4. The number of anilines is 1. The van der Waals surface area contributed by atoms with E-state index in [1.165, 1.54) is 12.1 Å². The van der Waals surface area contributed by atoms with Crippen LogP contribution in [-0.4, -0.2) is 27.5 Å². The third kappa shape index (κ3) is 3.65. The van der Waals surface area contributed by atoms with Crippen molar-refractivity contribution in [3.8, 4) is 0 Å². The number of benzene rings is 2. The number of carbonyl (C=O) groups is 1. The van der Waals surface area contributed by atoms with E-state index in [0.717, 1.165) is 11.3 Å². The zero-order valence-electron chi connectivity index (χ0n) is 13.9. The van der Waals surface area contributed by atoms with E-state index in [2.05, 4.69) is 6.58 Å². The molecule has 6 heteroatoms. The van der Waals surface area contributed by atoms with Crippen molar-refractivity contribution in [1.82, 2.24) is 0 Å². The Bertz CT molecular complexity index is 889. The normalized spacial score (nSPS) is 18.0. The molecule has 1 amide bonds. The number of nitrogens with zero attached hydrogens (tertiary/aromatic N) is 1. The van der Waals surface area contributed by atoms with E-state index in [1.54, 1.807) is 17.0 Å². The summed E-state index contributed by atoms with van der Waals surface area (Å²) in [6, 6.07) is 15.7. The molecule has 0 spiro atoms. The van der Waals surface area contributed by atoms with E-state index >= 15 is 0 Å². The van der Waals surface area contributed by atoms with Crippen LogP contribution in [0.3, 0.4) is 0 Å². The number of carbonyl (C=O) groups excluding carboxylic acids is 1. The Morgan fingerprint density at radius 2 is 1.76 bits per heavy atom. The minimum Gasteiger partial charge on any atom is -0.308 e. The predicted octanol–water partition coefficient (Wildman–Crippen LogP) is 2.92. The van der Waals surface area contributed by atoms with Crippen LogP contribution in [0.1, 0.15) is 5.56 Å². The molecular formula is C19H19NO4S. The molecule has 0 radical (unpaired) electrons. The summed E-state index contributed by atoms with van der Waals surface area (Å²) in [5.41, 5.74) is 2.09. The van der Waals surface area contributed by atoms with Crippen LogP contribution in [0.2, 0.25) is 0 Å². The highest BCUT2D eigenvalue weighted by molar-refractivity contribution is 7.86. The average molecular weight is 357 g/mol. The predicted molar refractivity (Wildman–Crippen MR) is 95.7 cm³/mol. The average Bonchev–Trinajstić information content (AvgIpc) is 2.89. The van der Waals surface area contributed by atoms with Crippen LogP contribution in [0, 0.1) is 12.8 Å². The zero-order valence-corrected chi connectivity index (χ0v) is 14.7. The van der Waals surface area contributed by atoms with E-state index in [4.69, 9.17) is 4.18 Å². The van der Waals surface area contributed by atoms with Gasteiger partial charge in [-0.1, -0.05) is 42.5 Å². The maximum absolute atomic E-state index is 12.4. The first-order valence-corrected chi connectivity index (χ1v) is 9.31. The SMILES string of the molecule is C=C1C(=O)N(c2ccccc2)C[C@H]1COS(=O)(=O)c1ccc(C)cc1. The molecule has 1 aliphatic heterocycles. The van der Waals surface area contributed by atoms with Crippen LogP contribution < -0.4 is 4.90 Å². The van der Waals surface area contributed by atoms with Gasteiger partial charge in [0.15, 0.2) is 0 Å². The van der Waals surface area contributed by atoms with E-state index in [1.807, 2.05) is 37.3 Å². The molecular weight excluding hydrogens is 338 g/mol. The Morgan fingerprint density at radius 1 is 1.12 bits per heavy atom. The number of rotatable bonds is 5. The summed E-state index contributed by atoms with van der Waals surface area (Å²) >= 11 is 0. The number of para-hydroxylation sites is 1. The highest BCUT2D eigenvalue weighted by Crippen LogP contribution is 2.29. The van der Waals surface area contributed by atoms with Gasteiger partial charge in [0.05, 0.1) is 11.5 Å². The molecule has 1 fully saturated rings. The minimum atomic E-state index is -3.86. The molecule has 0 N–H and O–H groups in total. The van der Waals surface area contributed by atoms with E-state index in [0.29, 0.717) is 12.1 Å². The van der Waals surface area contributed by atoms with Gasteiger partial charge < -0.3 is 4.90 Å². The molecule has 0 aliphatic carbocycles. The quantitative estimate of drug-likeness (QED) is 0.610. The van der Waals surface area contributed by atoms with Gasteiger partial charge in [-0.25, -0.2) is 0 Å². The molecule has 0 aromatic heterocycles. The fraction of sp³-hybridized carbons (Fsp3) is 0.211. The Morgan fingerprint density at radius 3 is 2.40 bits per heavy atom. The summed E-state index contributed by atoms with van der Waals surface area (Å²) < 4.78 is 29.8. The molecule has 1 heterocycles. The molecule has 0 bridgehead atoms. The highest BCUT2D eigenvalue weighted by atomic mass is 32.2. The van der Waals surface area contributed by atoms with Crippen molar-refractivity contribution in [2.24, 2.45) is 5.92 Å². The molecule has 1 atom stereocenters. The Labute approximate surface area is 147 Å². The number of amides is 1. The summed E-state index contributed by atoms with van der Waals surface area (Å²) in [5.74, 6) is -0.569. The molecule has 0 unspecified atom stereocenters. The Hall–Kier alpha value is -2.44. The monoisotopic (exact) mass is 357 g/mol. The lowest BCUT2D eigenvalue weighted by molar-refractivity contribution is -0.114. The first-order valence-electron chi connectivity index (χ1n) is 7.90.